The predicted molar refractivity (Wildman–Crippen MR) is 99.1 cm³/mol. The molecule has 1 amide bonds. The minimum atomic E-state index is -3.69. The average Bonchev–Trinajstić information content (AvgIpc) is 2.61. The number of hydrogen-bond donors (Lipinski definition) is 2. The molecule has 6 nitrogen and oxygen atoms in total. The van der Waals surface area contributed by atoms with Crippen molar-refractivity contribution in [3.8, 4) is 0 Å². The van der Waals surface area contributed by atoms with Crippen LogP contribution in [0.4, 0.5) is 5.69 Å². The number of benzene rings is 2. The van der Waals surface area contributed by atoms with Gasteiger partial charge in [-0.15, -0.1) is 0 Å². The van der Waals surface area contributed by atoms with Crippen LogP contribution in [0.1, 0.15) is 24.2 Å². The van der Waals surface area contributed by atoms with Crippen LogP contribution in [0.25, 0.3) is 0 Å². The maximum Gasteiger partial charge on any atom is 0.264 e. The number of para-hydroxylation sites is 1. The van der Waals surface area contributed by atoms with Crippen LogP contribution in [0.5, 0.6) is 0 Å². The van der Waals surface area contributed by atoms with Gasteiger partial charge in [0, 0.05) is 24.7 Å². The third-order valence-corrected chi connectivity index (χ3v) is 5.66. The fraction of sp³-hybridized carbons (Fsp3) is 0.278. The second kappa shape index (κ2) is 7.25. The van der Waals surface area contributed by atoms with Crippen molar-refractivity contribution in [2.75, 3.05) is 17.9 Å². The number of amides is 1. The Morgan fingerprint density at radius 2 is 1.64 bits per heavy atom. The van der Waals surface area contributed by atoms with Crippen molar-refractivity contribution >= 4 is 21.6 Å². The number of hydrogen-bond acceptors (Lipinski definition) is 4. The molecule has 2 rings (SSSR count). The van der Waals surface area contributed by atoms with E-state index in [2.05, 4.69) is 5.32 Å². The van der Waals surface area contributed by atoms with E-state index in [-0.39, 0.29) is 10.8 Å². The zero-order valence-corrected chi connectivity index (χ0v) is 15.4. The molecule has 134 valence electrons. The first-order valence-corrected chi connectivity index (χ1v) is 9.28. The number of carbonyl (C=O) groups excluding carboxylic acids is 1. The summed E-state index contributed by atoms with van der Waals surface area (Å²) in [6.07, 6.45) is 0. The molecular formula is C18H23N3O3S. The van der Waals surface area contributed by atoms with Crippen molar-refractivity contribution in [3.05, 3.63) is 60.2 Å². The van der Waals surface area contributed by atoms with Crippen molar-refractivity contribution in [1.82, 2.24) is 5.32 Å². The second-order valence-electron chi connectivity index (χ2n) is 6.37. The zero-order chi connectivity index (χ0) is 18.7. The average molecular weight is 361 g/mol. The summed E-state index contributed by atoms with van der Waals surface area (Å²) in [6, 6.07) is 14.6. The first-order valence-electron chi connectivity index (χ1n) is 7.84. The maximum absolute atomic E-state index is 12.7. The number of sulfonamides is 1. The van der Waals surface area contributed by atoms with Gasteiger partial charge < -0.3 is 11.1 Å². The lowest BCUT2D eigenvalue weighted by atomic mass is 10.1. The standard InChI is InChI=1S/C18H23N3O3S/c1-18(2,13-19)20-17(22)14-9-11-16(12-10-14)25(23,24)21(3)15-7-5-4-6-8-15/h4-12H,13,19H2,1-3H3,(H,20,22). The summed E-state index contributed by atoms with van der Waals surface area (Å²) in [5.74, 6) is -0.296. The van der Waals surface area contributed by atoms with Crippen LogP contribution in [-0.4, -0.2) is 33.5 Å². The van der Waals surface area contributed by atoms with Gasteiger partial charge in [-0.1, -0.05) is 18.2 Å². The Kier molecular flexibility index (Phi) is 5.49. The molecule has 3 N–H and O–H groups in total. The minimum Gasteiger partial charge on any atom is -0.346 e. The first-order chi connectivity index (χ1) is 11.7. The van der Waals surface area contributed by atoms with E-state index in [1.807, 2.05) is 19.9 Å². The molecule has 25 heavy (non-hydrogen) atoms. The van der Waals surface area contributed by atoms with Crippen molar-refractivity contribution in [2.45, 2.75) is 24.3 Å². The van der Waals surface area contributed by atoms with Crippen LogP contribution in [0.3, 0.4) is 0 Å². The van der Waals surface area contributed by atoms with E-state index in [0.717, 1.165) is 0 Å². The third-order valence-electron chi connectivity index (χ3n) is 3.86. The molecule has 2 aromatic rings. The van der Waals surface area contributed by atoms with Crippen molar-refractivity contribution < 1.29 is 13.2 Å². The van der Waals surface area contributed by atoms with E-state index in [1.54, 1.807) is 24.3 Å². The molecule has 0 bridgehead atoms. The SMILES string of the molecule is CN(c1ccccc1)S(=O)(=O)c1ccc(C(=O)NC(C)(C)CN)cc1. The lowest BCUT2D eigenvalue weighted by molar-refractivity contribution is 0.0915. The molecule has 2 aromatic carbocycles. The van der Waals surface area contributed by atoms with E-state index < -0.39 is 15.6 Å². The Morgan fingerprint density at radius 1 is 1.08 bits per heavy atom. The second-order valence-corrected chi connectivity index (χ2v) is 8.34. The minimum absolute atomic E-state index is 0.119. The zero-order valence-electron chi connectivity index (χ0n) is 14.6. The van der Waals surface area contributed by atoms with Gasteiger partial charge in [0.2, 0.25) is 0 Å². The highest BCUT2D eigenvalue weighted by molar-refractivity contribution is 7.92. The Labute approximate surface area is 148 Å². The molecule has 0 aliphatic carbocycles. The van der Waals surface area contributed by atoms with E-state index >= 15 is 0 Å². The molecule has 0 unspecified atom stereocenters. The monoisotopic (exact) mass is 361 g/mol. The number of nitrogens with one attached hydrogen (secondary N) is 1. The lowest BCUT2D eigenvalue weighted by Gasteiger charge is -2.24. The van der Waals surface area contributed by atoms with Gasteiger partial charge in [-0.05, 0) is 50.2 Å². The highest BCUT2D eigenvalue weighted by Crippen LogP contribution is 2.22. The summed E-state index contributed by atoms with van der Waals surface area (Å²) in [6.45, 7) is 3.93. The number of rotatable bonds is 6. The molecular weight excluding hydrogens is 338 g/mol. The fourth-order valence-corrected chi connectivity index (χ4v) is 3.34. The molecule has 0 atom stereocenters. The van der Waals surface area contributed by atoms with E-state index in [9.17, 15) is 13.2 Å². The molecule has 7 heteroatoms. The van der Waals surface area contributed by atoms with Crippen molar-refractivity contribution in [3.63, 3.8) is 0 Å². The molecule has 0 saturated heterocycles. The quantitative estimate of drug-likeness (QED) is 0.823. The maximum atomic E-state index is 12.7. The molecule has 0 spiro atoms. The number of anilines is 1. The molecule has 0 saturated carbocycles. The topological polar surface area (TPSA) is 92.5 Å². The summed E-state index contributed by atoms with van der Waals surface area (Å²) in [7, 11) is -2.20. The predicted octanol–water partition coefficient (Wildman–Crippen LogP) is 1.98. The van der Waals surface area contributed by atoms with Gasteiger partial charge in [0.05, 0.1) is 10.6 Å². The van der Waals surface area contributed by atoms with Gasteiger partial charge in [0.15, 0.2) is 0 Å². The van der Waals surface area contributed by atoms with Crippen LogP contribution in [-0.2, 0) is 10.0 Å². The van der Waals surface area contributed by atoms with Crippen LogP contribution >= 0.6 is 0 Å². The lowest BCUT2D eigenvalue weighted by Crippen LogP contribution is -2.48. The van der Waals surface area contributed by atoms with Crippen molar-refractivity contribution in [1.29, 1.82) is 0 Å². The highest BCUT2D eigenvalue weighted by atomic mass is 32.2. The molecule has 0 aromatic heterocycles. The molecule has 0 heterocycles. The largest absolute Gasteiger partial charge is 0.346 e. The van der Waals surface area contributed by atoms with Crippen LogP contribution in [0.2, 0.25) is 0 Å². The van der Waals surface area contributed by atoms with Crippen LogP contribution in [0, 0.1) is 0 Å². The van der Waals surface area contributed by atoms with Gasteiger partial charge in [-0.25, -0.2) is 8.42 Å². The summed E-state index contributed by atoms with van der Waals surface area (Å²) >= 11 is 0. The number of nitrogens with two attached hydrogens (primary N) is 1. The van der Waals surface area contributed by atoms with Gasteiger partial charge in [-0.2, -0.15) is 0 Å². The molecule has 0 radical (unpaired) electrons. The highest BCUT2D eigenvalue weighted by Gasteiger charge is 2.23. The van der Waals surface area contributed by atoms with Crippen LogP contribution in [0.15, 0.2) is 59.5 Å². The Balaban J connectivity index is 2.23. The van der Waals surface area contributed by atoms with Gasteiger partial charge >= 0.3 is 0 Å². The Hall–Kier alpha value is -2.38. The Bertz CT molecular complexity index is 832. The molecule has 0 fully saturated rings. The number of nitrogens with zero attached hydrogens (tertiary/aromatic N) is 1. The summed E-state index contributed by atoms with van der Waals surface area (Å²) in [4.78, 5) is 12.3. The smallest absolute Gasteiger partial charge is 0.264 e. The Morgan fingerprint density at radius 3 is 2.16 bits per heavy atom. The third kappa shape index (κ3) is 4.37. The molecule has 0 aliphatic rings. The van der Waals surface area contributed by atoms with E-state index in [1.165, 1.54) is 35.6 Å². The normalized spacial score (nSPS) is 11.8. The van der Waals surface area contributed by atoms with Crippen molar-refractivity contribution in [2.24, 2.45) is 5.73 Å². The summed E-state index contributed by atoms with van der Waals surface area (Å²) < 4.78 is 26.6. The van der Waals surface area contributed by atoms with E-state index in [4.69, 9.17) is 5.73 Å². The summed E-state index contributed by atoms with van der Waals surface area (Å²) in [5, 5.41) is 2.81. The van der Waals surface area contributed by atoms with Crippen LogP contribution < -0.4 is 15.4 Å². The number of carbonyl (C=O) groups is 1. The summed E-state index contributed by atoms with van der Waals surface area (Å²) in [5.41, 5.74) is 6.01. The van der Waals surface area contributed by atoms with Gasteiger partial charge in [-0.3, -0.25) is 9.10 Å². The van der Waals surface area contributed by atoms with E-state index in [0.29, 0.717) is 17.8 Å². The first kappa shape index (κ1) is 19.0. The fourth-order valence-electron chi connectivity index (χ4n) is 2.14. The van der Waals surface area contributed by atoms with Gasteiger partial charge in [0.25, 0.3) is 15.9 Å². The van der Waals surface area contributed by atoms with Gasteiger partial charge in [0.1, 0.15) is 0 Å². The molecule has 0 aliphatic heterocycles.